The molecule has 0 N–H and O–H groups in total. The van der Waals surface area contributed by atoms with Gasteiger partial charge in [-0.2, -0.15) is 14.6 Å². The number of thiazole rings is 1. The van der Waals surface area contributed by atoms with Crippen LogP contribution in [0, 0.1) is 10.1 Å². The Morgan fingerprint density at radius 1 is 1.03 bits per heavy atom. The van der Waals surface area contributed by atoms with Crippen molar-refractivity contribution in [2.45, 2.75) is 0 Å². The van der Waals surface area contributed by atoms with Crippen LogP contribution in [0.5, 0.6) is 0 Å². The van der Waals surface area contributed by atoms with Gasteiger partial charge in [0, 0.05) is 29.5 Å². The molecule has 6 rings (SSSR count). The van der Waals surface area contributed by atoms with Gasteiger partial charge in [0.2, 0.25) is 10.8 Å². The first-order valence-corrected chi connectivity index (χ1v) is 11.2. The van der Waals surface area contributed by atoms with Crippen molar-refractivity contribution in [3.8, 4) is 28.5 Å². The van der Waals surface area contributed by atoms with Gasteiger partial charge in [-0.1, -0.05) is 41.7 Å². The molecular formula is C24H14N6O4S. The average Bonchev–Trinajstić information content (AvgIpc) is 3.66. The van der Waals surface area contributed by atoms with Crippen molar-refractivity contribution >= 4 is 28.1 Å². The number of nitro benzene ring substituents is 1. The average molecular weight is 482 g/mol. The van der Waals surface area contributed by atoms with Gasteiger partial charge < -0.3 is 4.42 Å². The van der Waals surface area contributed by atoms with Crippen LogP contribution < -0.4 is 10.1 Å². The molecule has 35 heavy (non-hydrogen) atoms. The van der Waals surface area contributed by atoms with Gasteiger partial charge in [0.1, 0.15) is 5.69 Å². The quantitative estimate of drug-likeness (QED) is 0.271. The third-order valence-corrected chi connectivity index (χ3v) is 6.26. The van der Waals surface area contributed by atoms with Gasteiger partial charge in [-0.15, -0.1) is 5.10 Å². The van der Waals surface area contributed by atoms with Crippen LogP contribution in [0.4, 0.5) is 5.69 Å². The highest BCUT2D eigenvalue weighted by Gasteiger charge is 2.17. The van der Waals surface area contributed by atoms with Crippen LogP contribution in [0.1, 0.15) is 5.56 Å². The molecule has 6 aromatic rings. The third kappa shape index (κ3) is 3.69. The van der Waals surface area contributed by atoms with Crippen LogP contribution in [0.3, 0.4) is 0 Å². The molecule has 11 heteroatoms. The van der Waals surface area contributed by atoms with Crippen molar-refractivity contribution in [3.05, 3.63) is 110 Å². The summed E-state index contributed by atoms with van der Waals surface area (Å²) in [5, 5.41) is 20.3. The van der Waals surface area contributed by atoms with Crippen molar-refractivity contribution in [3.63, 3.8) is 0 Å². The van der Waals surface area contributed by atoms with Crippen LogP contribution >= 0.6 is 11.3 Å². The summed E-state index contributed by atoms with van der Waals surface area (Å²) in [6.07, 6.45) is 5.01. The fourth-order valence-corrected chi connectivity index (χ4v) is 4.58. The summed E-state index contributed by atoms with van der Waals surface area (Å²) in [6, 6.07) is 19.2. The number of hydrogen-bond donors (Lipinski definition) is 0. The summed E-state index contributed by atoms with van der Waals surface area (Å²) < 4.78 is 8.64. The number of para-hydroxylation sites is 1. The molecule has 0 atom stereocenters. The Labute approximate surface area is 200 Å². The predicted octanol–water partition coefficient (Wildman–Crippen LogP) is 3.72. The van der Waals surface area contributed by atoms with E-state index in [2.05, 4.69) is 15.2 Å². The van der Waals surface area contributed by atoms with Crippen LogP contribution in [0.15, 0.2) is 88.4 Å². The maximum Gasteiger partial charge on any atom is 0.291 e. The second-order valence-electron chi connectivity index (χ2n) is 7.54. The van der Waals surface area contributed by atoms with Crippen LogP contribution in [-0.2, 0) is 0 Å². The molecule has 4 heterocycles. The highest BCUT2D eigenvalue weighted by atomic mass is 32.1. The molecule has 0 saturated carbocycles. The molecule has 0 bridgehead atoms. The lowest BCUT2D eigenvalue weighted by Crippen LogP contribution is -2.23. The van der Waals surface area contributed by atoms with Crippen LogP contribution in [-0.4, -0.2) is 29.3 Å². The second-order valence-corrected chi connectivity index (χ2v) is 8.55. The maximum atomic E-state index is 13.1. The summed E-state index contributed by atoms with van der Waals surface area (Å²) in [5.74, 6) is 0.807. The van der Waals surface area contributed by atoms with Crippen molar-refractivity contribution in [1.29, 1.82) is 0 Å². The molecule has 0 spiro atoms. The standard InChI is InChI=1S/C24H14N6O4S/c31-23-20(35-24-25-22(27-29(23)24)19-10-5-11-34-19)13-16-14-28(17-7-2-1-3-8-17)26-21(16)15-6-4-9-18(12-15)30(32)33/h1-14H/b20-13-. The van der Waals surface area contributed by atoms with E-state index in [0.717, 1.165) is 5.69 Å². The Balaban J connectivity index is 1.52. The number of furan rings is 1. The summed E-state index contributed by atoms with van der Waals surface area (Å²) in [5.41, 5.74) is 2.14. The zero-order valence-corrected chi connectivity index (χ0v) is 18.6. The Bertz CT molecular complexity index is 1800. The van der Waals surface area contributed by atoms with Gasteiger partial charge in [0.25, 0.3) is 11.2 Å². The van der Waals surface area contributed by atoms with Crippen LogP contribution in [0.2, 0.25) is 0 Å². The largest absolute Gasteiger partial charge is 0.461 e. The number of aromatic nitrogens is 5. The highest BCUT2D eigenvalue weighted by Crippen LogP contribution is 2.27. The number of nitrogens with zero attached hydrogens (tertiary/aromatic N) is 6. The molecule has 0 aliphatic carbocycles. The molecule has 2 aromatic carbocycles. The zero-order valence-electron chi connectivity index (χ0n) is 17.8. The van der Waals surface area contributed by atoms with Gasteiger partial charge in [-0.25, -0.2) is 4.68 Å². The number of rotatable bonds is 5. The van der Waals surface area contributed by atoms with Gasteiger partial charge >= 0.3 is 0 Å². The lowest BCUT2D eigenvalue weighted by Gasteiger charge is -2.00. The Morgan fingerprint density at radius 2 is 1.89 bits per heavy atom. The van der Waals surface area contributed by atoms with E-state index in [-0.39, 0.29) is 11.2 Å². The van der Waals surface area contributed by atoms with E-state index in [9.17, 15) is 14.9 Å². The molecule has 0 aliphatic rings. The summed E-state index contributed by atoms with van der Waals surface area (Å²) >= 11 is 1.19. The normalized spacial score (nSPS) is 11.9. The van der Waals surface area contributed by atoms with Crippen molar-refractivity contribution in [1.82, 2.24) is 24.4 Å². The topological polar surface area (TPSA) is 121 Å². The van der Waals surface area contributed by atoms with Crippen molar-refractivity contribution in [2.24, 2.45) is 0 Å². The van der Waals surface area contributed by atoms with E-state index in [0.29, 0.717) is 37.9 Å². The van der Waals surface area contributed by atoms with Crippen molar-refractivity contribution in [2.75, 3.05) is 0 Å². The van der Waals surface area contributed by atoms with E-state index in [1.54, 1.807) is 41.2 Å². The number of nitro groups is 1. The Kier molecular flexibility index (Phi) is 4.82. The monoisotopic (exact) mass is 482 g/mol. The minimum atomic E-state index is -0.451. The number of hydrogen-bond acceptors (Lipinski definition) is 8. The minimum absolute atomic E-state index is 0.0449. The SMILES string of the molecule is O=c1/c(=C/c2cn(-c3ccccc3)nc2-c2cccc([N+](=O)[O-])c2)sc2nc(-c3ccco3)nn12. The minimum Gasteiger partial charge on any atom is -0.461 e. The van der Waals surface area contributed by atoms with E-state index >= 15 is 0 Å². The van der Waals surface area contributed by atoms with E-state index < -0.39 is 4.92 Å². The molecule has 10 nitrogen and oxygen atoms in total. The molecule has 0 amide bonds. The first kappa shape index (κ1) is 20.7. The van der Waals surface area contributed by atoms with E-state index in [1.165, 1.54) is 34.2 Å². The molecule has 170 valence electrons. The molecule has 4 aromatic heterocycles. The summed E-state index contributed by atoms with van der Waals surface area (Å²) in [7, 11) is 0. The maximum absolute atomic E-state index is 13.1. The third-order valence-electron chi connectivity index (χ3n) is 5.30. The smallest absolute Gasteiger partial charge is 0.291 e. The molecule has 0 aliphatic heterocycles. The molecule has 0 fully saturated rings. The molecular weight excluding hydrogens is 468 g/mol. The van der Waals surface area contributed by atoms with Gasteiger partial charge in [0.05, 0.1) is 21.4 Å². The fourth-order valence-electron chi connectivity index (χ4n) is 3.68. The van der Waals surface area contributed by atoms with Crippen molar-refractivity contribution < 1.29 is 9.34 Å². The molecule has 0 radical (unpaired) electrons. The number of non-ortho nitro benzene ring substituents is 1. The Morgan fingerprint density at radius 3 is 2.63 bits per heavy atom. The fraction of sp³-hybridized carbons (Fsp3) is 0. The van der Waals surface area contributed by atoms with Gasteiger partial charge in [0.15, 0.2) is 5.76 Å². The molecule has 0 saturated heterocycles. The van der Waals surface area contributed by atoms with Gasteiger partial charge in [-0.3, -0.25) is 14.9 Å². The molecule has 0 unspecified atom stereocenters. The summed E-state index contributed by atoms with van der Waals surface area (Å²) in [4.78, 5) is 28.8. The van der Waals surface area contributed by atoms with E-state index in [4.69, 9.17) is 4.42 Å². The summed E-state index contributed by atoms with van der Waals surface area (Å²) in [6.45, 7) is 0. The second kappa shape index (κ2) is 8.15. The number of fused-ring (bicyclic) bond motifs is 1. The van der Waals surface area contributed by atoms with Gasteiger partial charge in [-0.05, 0) is 30.3 Å². The first-order chi connectivity index (χ1) is 17.1. The van der Waals surface area contributed by atoms with Crippen LogP contribution in [0.25, 0.3) is 39.6 Å². The predicted molar refractivity (Wildman–Crippen MR) is 129 cm³/mol. The number of benzene rings is 2. The lowest BCUT2D eigenvalue weighted by atomic mass is 10.1. The first-order valence-electron chi connectivity index (χ1n) is 10.4. The Hall–Kier alpha value is -4.90. The van der Waals surface area contributed by atoms with E-state index in [1.807, 2.05) is 30.3 Å². The zero-order chi connectivity index (χ0) is 23.9. The highest BCUT2D eigenvalue weighted by molar-refractivity contribution is 7.15. The lowest BCUT2D eigenvalue weighted by molar-refractivity contribution is -0.384.